The van der Waals surface area contributed by atoms with E-state index in [4.69, 9.17) is 4.74 Å². The fourth-order valence-electron chi connectivity index (χ4n) is 1.57. The predicted molar refractivity (Wildman–Crippen MR) is 73.5 cm³/mol. The van der Waals surface area contributed by atoms with Crippen LogP contribution < -0.4 is 5.32 Å². The molecule has 0 spiro atoms. The van der Waals surface area contributed by atoms with Crippen molar-refractivity contribution in [3.8, 4) is 0 Å². The maximum absolute atomic E-state index is 11.8. The number of amides is 1. The Balaban J connectivity index is 2.77. The number of hydrogen-bond acceptors (Lipinski definition) is 3. The van der Waals surface area contributed by atoms with Crippen molar-refractivity contribution in [1.82, 2.24) is 5.32 Å². The molecule has 0 radical (unpaired) electrons. The third-order valence-electron chi connectivity index (χ3n) is 2.55. The van der Waals surface area contributed by atoms with Gasteiger partial charge < -0.3 is 10.1 Å². The molecule has 4 heteroatoms. The number of esters is 1. The topological polar surface area (TPSA) is 55.4 Å². The van der Waals surface area contributed by atoms with Gasteiger partial charge in [-0.15, -0.1) is 0 Å². The monoisotopic (exact) mass is 261 g/mol. The highest BCUT2D eigenvalue weighted by atomic mass is 16.5. The average Bonchev–Trinajstić information content (AvgIpc) is 2.39. The van der Waals surface area contributed by atoms with E-state index in [-0.39, 0.29) is 12.5 Å². The second-order valence-corrected chi connectivity index (χ2v) is 4.25. The second-order valence-electron chi connectivity index (χ2n) is 4.25. The highest BCUT2D eigenvalue weighted by Crippen LogP contribution is 2.05. The fourth-order valence-corrected chi connectivity index (χ4v) is 1.57. The molecule has 0 saturated carbocycles. The first-order chi connectivity index (χ1) is 9.04. The molecule has 0 saturated heterocycles. The van der Waals surface area contributed by atoms with E-state index in [0.717, 1.165) is 5.56 Å². The molecule has 1 N–H and O–H groups in total. The zero-order valence-corrected chi connectivity index (χ0v) is 11.3. The lowest BCUT2D eigenvalue weighted by molar-refractivity contribution is -0.147. The number of ether oxygens (including phenoxy) is 1. The summed E-state index contributed by atoms with van der Waals surface area (Å²) in [6, 6.07) is 8.79. The molecule has 102 valence electrons. The molecule has 1 unspecified atom stereocenters. The lowest BCUT2D eigenvalue weighted by Crippen LogP contribution is -2.43. The van der Waals surface area contributed by atoms with Crippen molar-refractivity contribution < 1.29 is 14.3 Å². The van der Waals surface area contributed by atoms with Crippen molar-refractivity contribution in [2.75, 3.05) is 6.61 Å². The van der Waals surface area contributed by atoms with Crippen LogP contribution in [0, 0.1) is 0 Å². The van der Waals surface area contributed by atoms with Crippen LogP contribution >= 0.6 is 0 Å². The maximum atomic E-state index is 11.8. The summed E-state index contributed by atoms with van der Waals surface area (Å²) in [6.07, 6.45) is 0.401. The fraction of sp³-hybridized carbons (Fsp3) is 0.333. The van der Waals surface area contributed by atoms with Crippen LogP contribution in [0.5, 0.6) is 0 Å². The van der Waals surface area contributed by atoms with Gasteiger partial charge in [0, 0.05) is 12.0 Å². The van der Waals surface area contributed by atoms with E-state index in [1.807, 2.05) is 30.3 Å². The van der Waals surface area contributed by atoms with Crippen molar-refractivity contribution in [3.63, 3.8) is 0 Å². The van der Waals surface area contributed by atoms with E-state index in [1.54, 1.807) is 13.8 Å². The second kappa shape index (κ2) is 7.36. The zero-order valence-electron chi connectivity index (χ0n) is 11.3. The molecule has 0 bridgehead atoms. The van der Waals surface area contributed by atoms with Gasteiger partial charge in [-0.2, -0.15) is 0 Å². The SMILES string of the molecule is C=C(C)C(=O)NC(Cc1ccccc1)C(=O)OCC. The van der Waals surface area contributed by atoms with Crippen molar-refractivity contribution in [1.29, 1.82) is 0 Å². The first kappa shape index (κ1) is 15.0. The van der Waals surface area contributed by atoms with Crippen LogP contribution in [-0.4, -0.2) is 24.5 Å². The van der Waals surface area contributed by atoms with Crippen molar-refractivity contribution in [2.45, 2.75) is 26.3 Å². The molecular weight excluding hydrogens is 242 g/mol. The van der Waals surface area contributed by atoms with Gasteiger partial charge in [-0.25, -0.2) is 4.79 Å². The molecular formula is C15H19NO3. The highest BCUT2D eigenvalue weighted by molar-refractivity contribution is 5.95. The maximum Gasteiger partial charge on any atom is 0.328 e. The molecule has 0 aliphatic heterocycles. The van der Waals surface area contributed by atoms with Crippen molar-refractivity contribution in [2.24, 2.45) is 0 Å². The highest BCUT2D eigenvalue weighted by Gasteiger charge is 2.22. The van der Waals surface area contributed by atoms with Gasteiger partial charge in [0.15, 0.2) is 0 Å². The first-order valence-corrected chi connectivity index (χ1v) is 6.21. The van der Waals surface area contributed by atoms with Gasteiger partial charge >= 0.3 is 5.97 Å². The molecule has 1 aromatic carbocycles. The van der Waals surface area contributed by atoms with Gasteiger partial charge in [0.2, 0.25) is 5.91 Å². The molecule has 4 nitrogen and oxygen atoms in total. The quantitative estimate of drug-likeness (QED) is 0.628. The normalized spacial score (nSPS) is 11.5. The lowest BCUT2D eigenvalue weighted by Gasteiger charge is -2.17. The number of benzene rings is 1. The van der Waals surface area contributed by atoms with Crippen molar-refractivity contribution >= 4 is 11.9 Å². The van der Waals surface area contributed by atoms with Crippen LogP contribution in [0.4, 0.5) is 0 Å². The summed E-state index contributed by atoms with van der Waals surface area (Å²) in [5, 5.41) is 2.64. The Morgan fingerprint density at radius 3 is 2.47 bits per heavy atom. The summed E-state index contributed by atoms with van der Waals surface area (Å²) in [4.78, 5) is 23.5. The Bertz CT molecular complexity index is 454. The van der Waals surface area contributed by atoms with E-state index in [2.05, 4.69) is 11.9 Å². The van der Waals surface area contributed by atoms with Gasteiger partial charge in [0.25, 0.3) is 0 Å². The van der Waals surface area contributed by atoms with Crippen molar-refractivity contribution in [3.05, 3.63) is 48.0 Å². The third-order valence-corrected chi connectivity index (χ3v) is 2.55. The van der Waals surface area contributed by atoms with Gasteiger partial charge in [0.05, 0.1) is 6.61 Å². The molecule has 1 aromatic rings. The molecule has 1 atom stereocenters. The Morgan fingerprint density at radius 2 is 1.95 bits per heavy atom. The largest absolute Gasteiger partial charge is 0.464 e. The van der Waals surface area contributed by atoms with Gasteiger partial charge in [-0.05, 0) is 19.4 Å². The molecule has 0 aliphatic rings. The molecule has 0 aromatic heterocycles. The van der Waals surface area contributed by atoms with E-state index in [0.29, 0.717) is 12.0 Å². The predicted octanol–water partition coefficient (Wildman–Crippen LogP) is 1.85. The van der Waals surface area contributed by atoms with Gasteiger partial charge in [0.1, 0.15) is 6.04 Å². The van der Waals surface area contributed by atoms with Crippen LogP contribution in [0.15, 0.2) is 42.5 Å². The third kappa shape index (κ3) is 4.95. The standard InChI is InChI=1S/C15H19NO3/c1-4-19-15(18)13(16-14(17)11(2)3)10-12-8-6-5-7-9-12/h5-9,13H,2,4,10H2,1,3H3,(H,16,17). The Labute approximate surface area is 113 Å². The summed E-state index contributed by atoms with van der Waals surface area (Å²) in [6.45, 7) is 7.17. The van der Waals surface area contributed by atoms with E-state index in [1.165, 1.54) is 0 Å². The summed E-state index contributed by atoms with van der Waals surface area (Å²) < 4.78 is 4.97. The lowest BCUT2D eigenvalue weighted by atomic mass is 10.1. The summed E-state index contributed by atoms with van der Waals surface area (Å²) >= 11 is 0. The summed E-state index contributed by atoms with van der Waals surface area (Å²) in [5.41, 5.74) is 1.32. The first-order valence-electron chi connectivity index (χ1n) is 6.21. The van der Waals surface area contributed by atoms with Crippen LogP contribution in [0.25, 0.3) is 0 Å². The minimum atomic E-state index is -0.688. The Kier molecular flexibility index (Phi) is 5.79. The molecule has 1 rings (SSSR count). The molecule has 1 amide bonds. The number of nitrogens with one attached hydrogen (secondary N) is 1. The molecule has 0 aliphatic carbocycles. The average molecular weight is 261 g/mol. The Hall–Kier alpha value is -2.10. The van der Waals surface area contributed by atoms with Crippen LogP contribution in [0.3, 0.4) is 0 Å². The number of carbonyl (C=O) groups is 2. The molecule has 0 fully saturated rings. The smallest absolute Gasteiger partial charge is 0.328 e. The van der Waals surface area contributed by atoms with Crippen LogP contribution in [0.1, 0.15) is 19.4 Å². The number of rotatable bonds is 6. The minimum Gasteiger partial charge on any atom is -0.464 e. The number of hydrogen-bond donors (Lipinski definition) is 1. The zero-order chi connectivity index (χ0) is 14.3. The van der Waals surface area contributed by atoms with Gasteiger partial charge in [-0.1, -0.05) is 36.9 Å². The van der Waals surface area contributed by atoms with E-state index >= 15 is 0 Å². The number of carbonyl (C=O) groups excluding carboxylic acids is 2. The van der Waals surface area contributed by atoms with Crippen LogP contribution in [0.2, 0.25) is 0 Å². The molecule has 19 heavy (non-hydrogen) atoms. The molecule has 0 heterocycles. The van der Waals surface area contributed by atoms with Crippen LogP contribution in [-0.2, 0) is 20.7 Å². The summed E-state index contributed by atoms with van der Waals surface area (Å²) in [7, 11) is 0. The summed E-state index contributed by atoms with van der Waals surface area (Å²) in [5.74, 6) is -0.769. The minimum absolute atomic E-state index is 0.285. The van der Waals surface area contributed by atoms with E-state index < -0.39 is 12.0 Å². The van der Waals surface area contributed by atoms with E-state index in [9.17, 15) is 9.59 Å². The Morgan fingerprint density at radius 1 is 1.32 bits per heavy atom. The van der Waals surface area contributed by atoms with Gasteiger partial charge in [-0.3, -0.25) is 4.79 Å².